The van der Waals surface area contributed by atoms with E-state index in [1.165, 1.54) is 17.4 Å². The second kappa shape index (κ2) is 5.30. The van der Waals surface area contributed by atoms with E-state index in [2.05, 4.69) is 0 Å². The van der Waals surface area contributed by atoms with E-state index in [0.717, 1.165) is 28.3 Å². The average molecular weight is 299 g/mol. The van der Waals surface area contributed by atoms with E-state index in [1.54, 1.807) is 6.07 Å². The fourth-order valence-electron chi connectivity index (χ4n) is 1.72. The van der Waals surface area contributed by atoms with Crippen LogP contribution in [0.1, 0.15) is 16.7 Å². The molecule has 0 saturated heterocycles. The van der Waals surface area contributed by atoms with E-state index >= 15 is 0 Å². The van der Waals surface area contributed by atoms with Crippen LogP contribution in [0.4, 0.5) is 10.1 Å². The monoisotopic (exact) mass is 299 g/mol. The van der Waals surface area contributed by atoms with Crippen molar-refractivity contribution in [2.75, 3.05) is 5.73 Å². The Balaban J connectivity index is 2.31. The minimum absolute atomic E-state index is 0.0727. The lowest BCUT2D eigenvalue weighted by atomic mass is 10.3. The first-order valence-corrected chi connectivity index (χ1v) is 8.24. The summed E-state index contributed by atoms with van der Waals surface area (Å²) in [7, 11) is -3.56. The molecule has 0 atom stereocenters. The van der Waals surface area contributed by atoms with Crippen LogP contribution in [-0.4, -0.2) is 8.42 Å². The van der Waals surface area contributed by atoms with E-state index in [1.807, 2.05) is 13.0 Å². The lowest BCUT2D eigenvalue weighted by molar-refractivity contribution is 0.590. The summed E-state index contributed by atoms with van der Waals surface area (Å²) in [5, 5.41) is 0. The smallest absolute Gasteiger partial charge is 0.183 e. The molecule has 1 heterocycles. The van der Waals surface area contributed by atoms with Gasteiger partial charge in [0.25, 0.3) is 0 Å². The Morgan fingerprint density at radius 1 is 1.21 bits per heavy atom. The number of nitrogens with two attached hydrogens (primary N) is 1. The number of rotatable bonds is 4. The minimum Gasteiger partial charge on any atom is -0.399 e. The zero-order valence-electron chi connectivity index (χ0n) is 10.4. The van der Waals surface area contributed by atoms with Gasteiger partial charge in [0.15, 0.2) is 9.84 Å². The third kappa shape index (κ3) is 3.33. The molecule has 2 aromatic rings. The van der Waals surface area contributed by atoms with Crippen molar-refractivity contribution >= 4 is 26.9 Å². The number of sulfone groups is 1. The molecule has 0 unspecified atom stereocenters. The fourth-order valence-corrected chi connectivity index (χ4v) is 4.42. The van der Waals surface area contributed by atoms with Crippen LogP contribution in [0, 0.1) is 5.82 Å². The van der Waals surface area contributed by atoms with Crippen LogP contribution in [0.2, 0.25) is 0 Å². The Labute approximate surface area is 115 Å². The molecule has 1 aromatic heterocycles. The lowest BCUT2D eigenvalue weighted by Gasteiger charge is -2.04. The highest BCUT2D eigenvalue weighted by Crippen LogP contribution is 2.24. The molecule has 0 fully saturated rings. The Morgan fingerprint density at radius 2 is 1.89 bits per heavy atom. The lowest BCUT2D eigenvalue weighted by Crippen LogP contribution is -2.05. The van der Waals surface area contributed by atoms with Crippen molar-refractivity contribution in [2.45, 2.75) is 24.0 Å². The van der Waals surface area contributed by atoms with Gasteiger partial charge in [-0.05, 0) is 36.8 Å². The first kappa shape index (κ1) is 14.0. The molecule has 0 aliphatic heterocycles. The number of hydrogen-bond acceptors (Lipinski definition) is 4. The number of benzene rings is 1. The molecule has 2 N–H and O–H groups in total. The van der Waals surface area contributed by atoms with Gasteiger partial charge in [-0.15, -0.1) is 11.3 Å². The molecule has 0 amide bonds. The van der Waals surface area contributed by atoms with Crippen LogP contribution in [-0.2, 0) is 22.0 Å². The predicted octanol–water partition coefficient (Wildman–Crippen LogP) is 3.01. The first-order chi connectivity index (χ1) is 8.90. The van der Waals surface area contributed by atoms with Crippen LogP contribution < -0.4 is 5.73 Å². The van der Waals surface area contributed by atoms with Crippen LogP contribution in [0.5, 0.6) is 0 Å². The van der Waals surface area contributed by atoms with Gasteiger partial charge in [0.2, 0.25) is 0 Å². The van der Waals surface area contributed by atoms with Gasteiger partial charge >= 0.3 is 0 Å². The van der Waals surface area contributed by atoms with E-state index in [0.29, 0.717) is 0 Å². The Kier molecular flexibility index (Phi) is 3.91. The maximum absolute atomic E-state index is 13.2. The summed E-state index contributed by atoms with van der Waals surface area (Å²) < 4.78 is 37.6. The summed E-state index contributed by atoms with van der Waals surface area (Å²) >= 11 is 1.46. The van der Waals surface area contributed by atoms with Crippen molar-refractivity contribution in [2.24, 2.45) is 0 Å². The molecule has 0 spiro atoms. The van der Waals surface area contributed by atoms with Crippen LogP contribution in [0.15, 0.2) is 35.2 Å². The van der Waals surface area contributed by atoms with Gasteiger partial charge in [0, 0.05) is 15.4 Å². The number of hydrogen-bond donors (Lipinski definition) is 1. The van der Waals surface area contributed by atoms with Crippen molar-refractivity contribution < 1.29 is 12.8 Å². The van der Waals surface area contributed by atoms with Gasteiger partial charge in [-0.2, -0.15) is 0 Å². The van der Waals surface area contributed by atoms with Gasteiger partial charge in [-0.25, -0.2) is 12.8 Å². The van der Waals surface area contributed by atoms with Crippen molar-refractivity contribution in [3.8, 4) is 0 Å². The molecule has 0 bridgehead atoms. The van der Waals surface area contributed by atoms with E-state index < -0.39 is 15.7 Å². The summed E-state index contributed by atoms with van der Waals surface area (Å²) in [5.41, 5.74) is 5.58. The van der Waals surface area contributed by atoms with Crippen LogP contribution in [0.25, 0.3) is 0 Å². The molecule has 0 aliphatic carbocycles. The number of halogens is 1. The molecule has 0 radical (unpaired) electrons. The molecular formula is C13H14FNO2S2. The molecule has 2 rings (SSSR count). The third-order valence-electron chi connectivity index (χ3n) is 2.65. The zero-order chi connectivity index (χ0) is 14.0. The van der Waals surface area contributed by atoms with Gasteiger partial charge in [0.1, 0.15) is 5.82 Å². The molecule has 1 aromatic carbocycles. The molecule has 0 saturated carbocycles. The van der Waals surface area contributed by atoms with Crippen molar-refractivity contribution in [3.05, 3.63) is 45.9 Å². The second-order valence-electron chi connectivity index (χ2n) is 4.20. The topological polar surface area (TPSA) is 60.2 Å². The molecule has 3 nitrogen and oxygen atoms in total. The third-order valence-corrected chi connectivity index (χ3v) is 5.71. The maximum atomic E-state index is 13.2. The fraction of sp³-hybridized carbons (Fsp3) is 0.231. The summed E-state index contributed by atoms with van der Waals surface area (Å²) in [4.78, 5) is 1.81. The van der Waals surface area contributed by atoms with Gasteiger partial charge in [-0.1, -0.05) is 6.92 Å². The second-order valence-corrected chi connectivity index (χ2v) is 7.44. The molecule has 19 heavy (non-hydrogen) atoms. The largest absolute Gasteiger partial charge is 0.399 e. The number of aryl methyl sites for hydroxylation is 1. The van der Waals surface area contributed by atoms with Gasteiger partial charge in [0.05, 0.1) is 10.6 Å². The van der Waals surface area contributed by atoms with Crippen molar-refractivity contribution in [3.63, 3.8) is 0 Å². The molecule has 0 aliphatic rings. The highest BCUT2D eigenvalue weighted by molar-refractivity contribution is 7.90. The van der Waals surface area contributed by atoms with E-state index in [4.69, 9.17) is 5.73 Å². The van der Waals surface area contributed by atoms with Crippen molar-refractivity contribution in [1.29, 1.82) is 0 Å². The van der Waals surface area contributed by atoms with Crippen molar-refractivity contribution in [1.82, 2.24) is 0 Å². The summed E-state index contributed by atoms with van der Waals surface area (Å²) in [6.07, 6.45) is 0.873. The number of anilines is 1. The Bertz CT molecular complexity index is 672. The normalized spacial score (nSPS) is 11.7. The van der Waals surface area contributed by atoms with E-state index in [9.17, 15) is 12.8 Å². The maximum Gasteiger partial charge on any atom is 0.183 e. The first-order valence-electron chi connectivity index (χ1n) is 5.77. The summed E-state index contributed by atoms with van der Waals surface area (Å²) in [6, 6.07) is 7.09. The number of nitrogen functional groups attached to an aromatic ring is 1. The van der Waals surface area contributed by atoms with Gasteiger partial charge in [-0.3, -0.25) is 0 Å². The standard InChI is InChI=1S/C13H14FNO2S2/c1-2-11-3-4-12(18-11)8-19(16,17)13-6-9(14)5-10(15)7-13/h3-7H,2,8,15H2,1H3. The van der Waals surface area contributed by atoms with E-state index in [-0.39, 0.29) is 16.3 Å². The Morgan fingerprint density at radius 3 is 2.47 bits per heavy atom. The average Bonchev–Trinajstić information content (AvgIpc) is 2.74. The zero-order valence-corrected chi connectivity index (χ0v) is 12.0. The summed E-state index contributed by atoms with van der Waals surface area (Å²) in [6.45, 7) is 2.01. The highest BCUT2D eigenvalue weighted by atomic mass is 32.2. The minimum atomic E-state index is -3.56. The van der Waals surface area contributed by atoms with Crippen LogP contribution >= 0.6 is 11.3 Å². The van der Waals surface area contributed by atoms with Gasteiger partial charge < -0.3 is 5.73 Å². The predicted molar refractivity (Wildman–Crippen MR) is 75.4 cm³/mol. The quantitative estimate of drug-likeness (QED) is 0.883. The SMILES string of the molecule is CCc1ccc(CS(=O)(=O)c2cc(N)cc(F)c2)s1. The summed E-state index contributed by atoms with van der Waals surface area (Å²) in [5.74, 6) is -0.764. The Hall–Kier alpha value is -1.40. The molecule has 102 valence electrons. The number of thiophene rings is 1. The van der Waals surface area contributed by atoms with Crippen LogP contribution in [0.3, 0.4) is 0 Å². The molecular weight excluding hydrogens is 285 g/mol. The molecule has 6 heteroatoms. The highest BCUT2D eigenvalue weighted by Gasteiger charge is 2.18.